The maximum Gasteiger partial charge on any atom is 0.330 e. The largest absolute Gasteiger partial charge is 0.396 e. The lowest BCUT2D eigenvalue weighted by molar-refractivity contribution is 0.164. The highest BCUT2D eigenvalue weighted by Crippen LogP contribution is 2.36. The summed E-state index contributed by atoms with van der Waals surface area (Å²) in [4.78, 5) is 26.6. The van der Waals surface area contributed by atoms with Gasteiger partial charge in [0.25, 0.3) is 5.56 Å². The zero-order chi connectivity index (χ0) is 18.0. The quantitative estimate of drug-likeness (QED) is 0.848. The first-order chi connectivity index (χ1) is 12.0. The summed E-state index contributed by atoms with van der Waals surface area (Å²) in [5, 5.41) is 9.26. The first kappa shape index (κ1) is 17.6. The highest BCUT2D eigenvalue weighted by molar-refractivity contribution is 5.34. The molecule has 134 valence electrons. The van der Waals surface area contributed by atoms with Crippen LogP contribution in [-0.4, -0.2) is 32.3 Å². The van der Waals surface area contributed by atoms with E-state index in [0.717, 1.165) is 17.4 Å². The van der Waals surface area contributed by atoms with Gasteiger partial charge in [-0.05, 0) is 30.4 Å². The lowest BCUT2D eigenvalue weighted by Crippen LogP contribution is -2.40. The van der Waals surface area contributed by atoms with Gasteiger partial charge in [0.2, 0.25) is 0 Å². The van der Waals surface area contributed by atoms with Crippen LogP contribution in [0.5, 0.6) is 0 Å². The van der Waals surface area contributed by atoms with Crippen molar-refractivity contribution in [2.24, 2.45) is 14.1 Å². The minimum Gasteiger partial charge on any atom is -0.396 e. The van der Waals surface area contributed by atoms with E-state index in [2.05, 4.69) is 23.1 Å². The molecule has 1 N–H and O–H groups in total. The molecule has 25 heavy (non-hydrogen) atoms. The van der Waals surface area contributed by atoms with Gasteiger partial charge in [-0.1, -0.05) is 24.3 Å². The molecular formula is C19H25N3O3. The van der Waals surface area contributed by atoms with Gasteiger partial charge in [-0.25, -0.2) is 4.79 Å². The molecule has 0 saturated heterocycles. The Hall–Kier alpha value is -2.18. The van der Waals surface area contributed by atoms with Crippen LogP contribution in [0.1, 0.15) is 35.6 Å². The van der Waals surface area contributed by atoms with Gasteiger partial charge < -0.3 is 9.67 Å². The maximum absolute atomic E-state index is 12.5. The molecule has 0 amide bonds. The van der Waals surface area contributed by atoms with Crippen LogP contribution >= 0.6 is 0 Å². The molecule has 1 aliphatic rings. The van der Waals surface area contributed by atoms with Crippen LogP contribution in [0.15, 0.2) is 40.1 Å². The van der Waals surface area contributed by atoms with Crippen molar-refractivity contribution in [2.45, 2.75) is 31.8 Å². The van der Waals surface area contributed by atoms with Crippen LogP contribution in [0.3, 0.4) is 0 Å². The van der Waals surface area contributed by atoms with Gasteiger partial charge in [0, 0.05) is 51.6 Å². The number of aliphatic hydroxyl groups excluding tert-OH is 1. The van der Waals surface area contributed by atoms with E-state index in [-0.39, 0.29) is 23.9 Å². The number of nitrogens with zero attached hydrogens (tertiary/aromatic N) is 3. The lowest BCUT2D eigenvalue weighted by atomic mass is 10.1. The minimum atomic E-state index is -0.318. The molecule has 1 atom stereocenters. The third-order valence-corrected chi connectivity index (χ3v) is 5.04. The molecule has 3 rings (SSSR count). The van der Waals surface area contributed by atoms with Crippen LogP contribution in [0.4, 0.5) is 0 Å². The fourth-order valence-electron chi connectivity index (χ4n) is 3.74. The average molecular weight is 343 g/mol. The summed E-state index contributed by atoms with van der Waals surface area (Å²) in [5.74, 6) is 0. The number of hydrogen-bond donors (Lipinski definition) is 1. The molecule has 1 aromatic carbocycles. The Kier molecular flexibility index (Phi) is 5.20. The molecule has 0 saturated carbocycles. The normalized spacial score (nSPS) is 16.4. The fraction of sp³-hybridized carbons (Fsp3) is 0.474. The van der Waals surface area contributed by atoms with Crippen molar-refractivity contribution in [3.8, 4) is 0 Å². The molecule has 0 spiro atoms. The Bertz CT molecular complexity index is 869. The molecule has 1 unspecified atom stereocenters. The number of aliphatic hydroxyl groups is 1. The zero-order valence-electron chi connectivity index (χ0n) is 14.8. The summed E-state index contributed by atoms with van der Waals surface area (Å²) in [5.41, 5.74) is 2.70. The van der Waals surface area contributed by atoms with E-state index < -0.39 is 0 Å². The molecule has 6 nitrogen and oxygen atoms in total. The van der Waals surface area contributed by atoms with E-state index in [1.807, 2.05) is 6.07 Å². The van der Waals surface area contributed by atoms with Gasteiger partial charge in [0.1, 0.15) is 0 Å². The highest BCUT2D eigenvalue weighted by Gasteiger charge is 2.28. The van der Waals surface area contributed by atoms with Gasteiger partial charge in [-0.15, -0.1) is 0 Å². The molecule has 1 aromatic heterocycles. The Labute approximate surface area is 147 Å². The molecule has 1 aliphatic carbocycles. The molecule has 0 aliphatic heterocycles. The van der Waals surface area contributed by atoms with Gasteiger partial charge >= 0.3 is 5.69 Å². The second kappa shape index (κ2) is 7.37. The molecule has 6 heteroatoms. The Morgan fingerprint density at radius 1 is 1.24 bits per heavy atom. The van der Waals surface area contributed by atoms with Crippen LogP contribution < -0.4 is 11.2 Å². The van der Waals surface area contributed by atoms with Crippen molar-refractivity contribution >= 4 is 0 Å². The third kappa shape index (κ3) is 3.45. The number of fused-ring (bicyclic) bond motifs is 1. The monoisotopic (exact) mass is 343 g/mol. The SMILES string of the molecule is Cn1cc(CN(CCCO)C2CCc3ccccc32)c(=O)n(C)c1=O. The van der Waals surface area contributed by atoms with E-state index in [9.17, 15) is 14.7 Å². The van der Waals surface area contributed by atoms with E-state index >= 15 is 0 Å². The van der Waals surface area contributed by atoms with Crippen LogP contribution in [0, 0.1) is 0 Å². The van der Waals surface area contributed by atoms with Crippen LogP contribution in [0.25, 0.3) is 0 Å². The van der Waals surface area contributed by atoms with Gasteiger partial charge in [-0.2, -0.15) is 0 Å². The van der Waals surface area contributed by atoms with Gasteiger partial charge in [-0.3, -0.25) is 14.3 Å². The second-order valence-electron chi connectivity index (χ2n) is 6.71. The highest BCUT2D eigenvalue weighted by atomic mass is 16.3. The number of hydrogen-bond acceptors (Lipinski definition) is 4. The molecule has 0 bridgehead atoms. The summed E-state index contributed by atoms with van der Waals surface area (Å²) < 4.78 is 2.60. The number of aromatic nitrogens is 2. The van der Waals surface area contributed by atoms with Crippen LogP contribution in [0.2, 0.25) is 0 Å². The molecule has 1 heterocycles. The third-order valence-electron chi connectivity index (χ3n) is 5.04. The first-order valence-corrected chi connectivity index (χ1v) is 8.71. The lowest BCUT2D eigenvalue weighted by Gasteiger charge is -2.29. The Balaban J connectivity index is 1.93. The summed E-state index contributed by atoms with van der Waals surface area (Å²) in [7, 11) is 3.17. The number of aryl methyl sites for hydroxylation is 2. The smallest absolute Gasteiger partial charge is 0.330 e. The Morgan fingerprint density at radius 2 is 2.00 bits per heavy atom. The van der Waals surface area contributed by atoms with Crippen molar-refractivity contribution < 1.29 is 5.11 Å². The van der Waals surface area contributed by atoms with Gasteiger partial charge in [0.05, 0.1) is 0 Å². The zero-order valence-corrected chi connectivity index (χ0v) is 14.8. The van der Waals surface area contributed by atoms with Crippen molar-refractivity contribution in [1.29, 1.82) is 0 Å². The standard InChI is InChI=1S/C19H25N3O3/c1-20-12-15(18(24)21(2)19(20)25)13-22(10-5-11-23)17-9-8-14-6-3-4-7-16(14)17/h3-4,6-7,12,17,23H,5,8-11,13H2,1-2H3. The van der Waals surface area contributed by atoms with E-state index in [1.54, 1.807) is 13.2 Å². The predicted octanol–water partition coefficient (Wildman–Crippen LogP) is 0.956. The van der Waals surface area contributed by atoms with Crippen molar-refractivity contribution in [1.82, 2.24) is 14.0 Å². The fourth-order valence-corrected chi connectivity index (χ4v) is 3.74. The van der Waals surface area contributed by atoms with Crippen LogP contribution in [-0.2, 0) is 27.1 Å². The Morgan fingerprint density at radius 3 is 2.76 bits per heavy atom. The number of benzene rings is 1. The average Bonchev–Trinajstić information content (AvgIpc) is 3.05. The molecule has 2 aromatic rings. The van der Waals surface area contributed by atoms with Crippen molar-refractivity contribution in [2.75, 3.05) is 13.2 Å². The summed E-state index contributed by atoms with van der Waals surface area (Å²) in [6, 6.07) is 8.65. The van der Waals surface area contributed by atoms with E-state index in [1.165, 1.54) is 22.7 Å². The van der Waals surface area contributed by atoms with Crippen molar-refractivity contribution in [3.05, 3.63) is 68.0 Å². The second-order valence-corrected chi connectivity index (χ2v) is 6.71. The summed E-state index contributed by atoms with van der Waals surface area (Å²) >= 11 is 0. The molecular weight excluding hydrogens is 318 g/mol. The maximum atomic E-state index is 12.5. The summed E-state index contributed by atoms with van der Waals surface area (Å²) in [6.07, 6.45) is 4.33. The first-order valence-electron chi connectivity index (χ1n) is 8.71. The predicted molar refractivity (Wildman–Crippen MR) is 96.5 cm³/mol. The van der Waals surface area contributed by atoms with Gasteiger partial charge in [0.15, 0.2) is 0 Å². The van der Waals surface area contributed by atoms with E-state index in [4.69, 9.17) is 0 Å². The number of rotatable bonds is 6. The summed E-state index contributed by atoms with van der Waals surface area (Å²) in [6.45, 7) is 1.30. The van der Waals surface area contributed by atoms with E-state index in [0.29, 0.717) is 25.1 Å². The molecule has 0 fully saturated rings. The molecule has 0 radical (unpaired) electrons. The minimum absolute atomic E-state index is 0.121. The topological polar surface area (TPSA) is 67.5 Å². The van der Waals surface area contributed by atoms with Crippen molar-refractivity contribution in [3.63, 3.8) is 0 Å².